The van der Waals surface area contributed by atoms with Gasteiger partial charge in [-0.2, -0.15) is 0 Å². The normalized spacial score (nSPS) is 15.9. The van der Waals surface area contributed by atoms with Crippen LogP contribution < -0.4 is 10.6 Å². The minimum atomic E-state index is -0.226. The minimum absolute atomic E-state index is 0.226. The summed E-state index contributed by atoms with van der Waals surface area (Å²) in [6.07, 6.45) is 0. The van der Waals surface area contributed by atoms with Gasteiger partial charge in [0, 0.05) is 44.6 Å². The van der Waals surface area contributed by atoms with Crippen molar-refractivity contribution in [1.29, 1.82) is 0 Å². The van der Waals surface area contributed by atoms with Gasteiger partial charge in [0.1, 0.15) is 0 Å². The van der Waals surface area contributed by atoms with E-state index < -0.39 is 0 Å². The molecule has 1 saturated heterocycles. The summed E-state index contributed by atoms with van der Waals surface area (Å²) in [6.45, 7) is 7.91. The number of likely N-dealkylation sites (N-methyl/N-ethyl adjacent to an activating group) is 1. The number of benzene rings is 1. The van der Waals surface area contributed by atoms with Crippen LogP contribution in [0.4, 0.5) is 9.93 Å². The first-order valence-electron chi connectivity index (χ1n) is 8.54. The number of anilines is 1. The fourth-order valence-electron chi connectivity index (χ4n) is 2.76. The Morgan fingerprint density at radius 2 is 1.84 bits per heavy atom. The van der Waals surface area contributed by atoms with Crippen molar-refractivity contribution in [2.75, 3.05) is 38.5 Å². The summed E-state index contributed by atoms with van der Waals surface area (Å²) >= 11 is 1.43. The average Bonchev–Trinajstić information content (AvgIpc) is 3.01. The number of nitrogens with zero attached hydrogens (tertiary/aromatic N) is 3. The van der Waals surface area contributed by atoms with Gasteiger partial charge in [-0.15, -0.1) is 11.3 Å². The maximum Gasteiger partial charge on any atom is 0.321 e. The first kappa shape index (κ1) is 17.8. The molecule has 2 aromatic rings. The van der Waals surface area contributed by atoms with E-state index in [1.165, 1.54) is 16.9 Å². The summed E-state index contributed by atoms with van der Waals surface area (Å²) in [4.78, 5) is 20.9. The van der Waals surface area contributed by atoms with Gasteiger partial charge < -0.3 is 10.2 Å². The molecule has 6 nitrogen and oxygen atoms in total. The first-order valence-corrected chi connectivity index (χ1v) is 9.42. The molecular formula is C18H25N5OS. The smallest absolute Gasteiger partial charge is 0.321 e. The van der Waals surface area contributed by atoms with Gasteiger partial charge in [0.15, 0.2) is 5.13 Å². The molecule has 25 heavy (non-hydrogen) atoms. The number of thiazole rings is 1. The predicted molar refractivity (Wildman–Crippen MR) is 102 cm³/mol. The Balaban J connectivity index is 1.43. The second-order valence-electron chi connectivity index (χ2n) is 6.50. The molecule has 0 bridgehead atoms. The monoisotopic (exact) mass is 359 g/mol. The van der Waals surface area contributed by atoms with Gasteiger partial charge in [0.2, 0.25) is 0 Å². The van der Waals surface area contributed by atoms with Crippen LogP contribution in [0.3, 0.4) is 0 Å². The second kappa shape index (κ2) is 8.42. The zero-order chi connectivity index (χ0) is 17.6. The zero-order valence-electron chi connectivity index (χ0n) is 14.8. The molecule has 2 amide bonds. The predicted octanol–water partition coefficient (Wildman–Crippen LogP) is 2.52. The minimum Gasteiger partial charge on any atom is -0.334 e. The number of amides is 2. The number of aromatic nitrogens is 1. The molecule has 3 rings (SSSR count). The third kappa shape index (κ3) is 5.52. The fourth-order valence-corrected chi connectivity index (χ4v) is 3.44. The summed E-state index contributed by atoms with van der Waals surface area (Å²) in [5, 5.41) is 8.15. The molecule has 7 heteroatoms. The maximum absolute atomic E-state index is 11.9. The van der Waals surface area contributed by atoms with Gasteiger partial charge in [-0.05, 0) is 25.1 Å². The molecular weight excluding hydrogens is 334 g/mol. The molecule has 0 aliphatic carbocycles. The number of aryl methyl sites for hydroxylation is 1. The van der Waals surface area contributed by atoms with E-state index in [0.29, 0.717) is 11.7 Å². The van der Waals surface area contributed by atoms with E-state index in [9.17, 15) is 4.79 Å². The molecule has 1 aromatic heterocycles. The van der Waals surface area contributed by atoms with Crippen LogP contribution in [0.25, 0.3) is 0 Å². The summed E-state index contributed by atoms with van der Waals surface area (Å²) in [7, 11) is 2.17. The van der Waals surface area contributed by atoms with Crippen molar-refractivity contribution < 1.29 is 4.79 Å². The van der Waals surface area contributed by atoms with Crippen LogP contribution in [-0.2, 0) is 13.1 Å². The molecule has 0 radical (unpaired) electrons. The van der Waals surface area contributed by atoms with Gasteiger partial charge in [-0.25, -0.2) is 9.78 Å². The highest BCUT2D eigenvalue weighted by Crippen LogP contribution is 2.14. The number of nitrogens with one attached hydrogen (secondary N) is 2. The van der Waals surface area contributed by atoms with E-state index >= 15 is 0 Å². The standard InChI is InChI=1S/C18H25N5OS/c1-14-13-25-18(20-14)21-17(24)19-11-15-3-5-16(6-4-15)12-23-9-7-22(2)8-10-23/h3-6,13H,7-12H2,1-2H3,(H2,19,20,21,24). The highest BCUT2D eigenvalue weighted by Gasteiger charge is 2.13. The number of piperazine rings is 1. The summed E-state index contributed by atoms with van der Waals surface area (Å²) in [6, 6.07) is 8.24. The molecule has 1 aromatic carbocycles. The van der Waals surface area contributed by atoms with Crippen molar-refractivity contribution in [2.45, 2.75) is 20.0 Å². The first-order chi connectivity index (χ1) is 12.1. The Morgan fingerprint density at radius 1 is 1.16 bits per heavy atom. The van der Waals surface area contributed by atoms with Crippen molar-refractivity contribution in [2.24, 2.45) is 0 Å². The summed E-state index contributed by atoms with van der Waals surface area (Å²) < 4.78 is 0. The molecule has 1 aliphatic heterocycles. The molecule has 2 heterocycles. The third-order valence-electron chi connectivity index (χ3n) is 4.32. The van der Waals surface area contributed by atoms with E-state index in [4.69, 9.17) is 0 Å². The SMILES string of the molecule is Cc1csc(NC(=O)NCc2ccc(CN3CCN(C)CC3)cc2)n1. The van der Waals surface area contributed by atoms with E-state index in [1.54, 1.807) is 0 Å². The van der Waals surface area contributed by atoms with Crippen LogP contribution in [0.1, 0.15) is 16.8 Å². The lowest BCUT2D eigenvalue weighted by Gasteiger charge is -2.32. The van der Waals surface area contributed by atoms with Crippen LogP contribution in [0.15, 0.2) is 29.6 Å². The Hall–Kier alpha value is -1.96. The Kier molecular flexibility index (Phi) is 6.01. The van der Waals surface area contributed by atoms with E-state index in [0.717, 1.165) is 44.0 Å². The number of carbonyl (C=O) groups is 1. The van der Waals surface area contributed by atoms with E-state index in [2.05, 4.69) is 56.7 Å². The molecule has 0 atom stereocenters. The van der Waals surface area contributed by atoms with Gasteiger partial charge in [-0.1, -0.05) is 24.3 Å². The number of urea groups is 1. The van der Waals surface area contributed by atoms with E-state index in [-0.39, 0.29) is 6.03 Å². The van der Waals surface area contributed by atoms with Crippen molar-refractivity contribution >= 4 is 22.5 Å². The maximum atomic E-state index is 11.9. The molecule has 0 unspecified atom stereocenters. The number of rotatable bonds is 5. The molecule has 0 saturated carbocycles. The van der Waals surface area contributed by atoms with Gasteiger partial charge in [0.25, 0.3) is 0 Å². The molecule has 134 valence electrons. The Labute approximate surface area is 152 Å². The molecule has 1 aliphatic rings. The lowest BCUT2D eigenvalue weighted by atomic mass is 10.1. The topological polar surface area (TPSA) is 60.5 Å². The Bertz CT molecular complexity index is 692. The van der Waals surface area contributed by atoms with E-state index in [1.807, 2.05) is 12.3 Å². The molecule has 1 fully saturated rings. The number of hydrogen-bond acceptors (Lipinski definition) is 5. The van der Waals surface area contributed by atoms with Crippen molar-refractivity contribution in [3.05, 3.63) is 46.5 Å². The fraction of sp³-hybridized carbons (Fsp3) is 0.444. The zero-order valence-corrected chi connectivity index (χ0v) is 15.6. The largest absolute Gasteiger partial charge is 0.334 e. The number of hydrogen-bond donors (Lipinski definition) is 2. The average molecular weight is 359 g/mol. The van der Waals surface area contributed by atoms with Crippen molar-refractivity contribution in [1.82, 2.24) is 20.1 Å². The quantitative estimate of drug-likeness (QED) is 0.861. The highest BCUT2D eigenvalue weighted by atomic mass is 32.1. The van der Waals surface area contributed by atoms with Crippen LogP contribution in [0, 0.1) is 6.92 Å². The lowest BCUT2D eigenvalue weighted by Crippen LogP contribution is -2.43. The van der Waals surface area contributed by atoms with Crippen LogP contribution in [0.2, 0.25) is 0 Å². The van der Waals surface area contributed by atoms with Crippen molar-refractivity contribution in [3.63, 3.8) is 0 Å². The lowest BCUT2D eigenvalue weighted by molar-refractivity contribution is 0.148. The van der Waals surface area contributed by atoms with Crippen LogP contribution in [0.5, 0.6) is 0 Å². The summed E-state index contributed by atoms with van der Waals surface area (Å²) in [5.74, 6) is 0. The van der Waals surface area contributed by atoms with Gasteiger partial charge >= 0.3 is 6.03 Å². The van der Waals surface area contributed by atoms with Crippen molar-refractivity contribution in [3.8, 4) is 0 Å². The van der Waals surface area contributed by atoms with Crippen LogP contribution in [-0.4, -0.2) is 54.0 Å². The van der Waals surface area contributed by atoms with Gasteiger partial charge in [0.05, 0.1) is 5.69 Å². The summed E-state index contributed by atoms with van der Waals surface area (Å²) in [5.41, 5.74) is 3.32. The van der Waals surface area contributed by atoms with Gasteiger partial charge in [-0.3, -0.25) is 10.2 Å². The molecule has 2 N–H and O–H groups in total. The third-order valence-corrected chi connectivity index (χ3v) is 5.19. The van der Waals surface area contributed by atoms with Crippen LogP contribution >= 0.6 is 11.3 Å². The number of carbonyl (C=O) groups excluding carboxylic acids is 1. The Morgan fingerprint density at radius 3 is 2.48 bits per heavy atom. The molecule has 0 spiro atoms. The highest BCUT2D eigenvalue weighted by molar-refractivity contribution is 7.13. The second-order valence-corrected chi connectivity index (χ2v) is 7.36.